The average molecular weight is 520 g/mol. The number of nitrogens with one attached hydrogen (secondary N) is 1. The van der Waals surface area contributed by atoms with Gasteiger partial charge in [0.1, 0.15) is 24.8 Å². The molecule has 0 aliphatic carbocycles. The third kappa shape index (κ3) is 4.87. The predicted octanol–water partition coefficient (Wildman–Crippen LogP) is 5.04. The molecule has 11 heteroatoms. The number of alkyl halides is 2. The molecular weight excluding hydrogens is 496 g/mol. The fraction of sp³-hybridized carbons (Fsp3) is 0.400. The molecular formula is C25H24ClF2N3O5. The molecule has 1 aromatic heterocycles. The molecule has 3 heterocycles. The van der Waals surface area contributed by atoms with Crippen LogP contribution in [0.4, 0.5) is 8.78 Å². The molecule has 0 bridgehead atoms. The lowest BCUT2D eigenvalue weighted by Crippen LogP contribution is -2.50. The highest BCUT2D eigenvalue weighted by molar-refractivity contribution is 6.31. The number of halogens is 3. The second kappa shape index (κ2) is 10.0. The molecule has 2 aromatic carbocycles. The van der Waals surface area contributed by atoms with Crippen LogP contribution in [0.1, 0.15) is 30.2 Å². The molecule has 1 saturated heterocycles. The SMILES string of the molecule is O=NC(c1ccc2c(c1)OCCO2)C(CN1CCCC1)NC(=O)C(F)(F)c1cc2cc(Cl)ccc2o1. The first-order chi connectivity index (χ1) is 17.3. The average Bonchev–Trinajstić information content (AvgIpc) is 3.54. The smallest absolute Gasteiger partial charge is 0.380 e. The Hall–Kier alpha value is -3.24. The zero-order valence-electron chi connectivity index (χ0n) is 19.2. The molecule has 8 nitrogen and oxygen atoms in total. The number of amides is 1. The van der Waals surface area contributed by atoms with Gasteiger partial charge in [-0.2, -0.15) is 13.7 Å². The van der Waals surface area contributed by atoms with Crippen molar-refractivity contribution in [3.63, 3.8) is 0 Å². The first-order valence-electron chi connectivity index (χ1n) is 11.7. The van der Waals surface area contributed by atoms with E-state index in [1.54, 1.807) is 18.2 Å². The highest BCUT2D eigenvalue weighted by Gasteiger charge is 2.46. The van der Waals surface area contributed by atoms with E-state index in [0.29, 0.717) is 40.7 Å². The van der Waals surface area contributed by atoms with Crippen LogP contribution in [0.15, 0.2) is 52.1 Å². The van der Waals surface area contributed by atoms with Crippen molar-refractivity contribution in [2.45, 2.75) is 30.8 Å². The van der Waals surface area contributed by atoms with E-state index in [4.69, 9.17) is 25.5 Å². The summed E-state index contributed by atoms with van der Waals surface area (Å²) in [5.74, 6) is -5.43. The normalized spacial score (nSPS) is 17.6. The van der Waals surface area contributed by atoms with Crippen LogP contribution in [-0.2, 0) is 10.7 Å². The number of nitrogens with zero attached hydrogens (tertiary/aromatic N) is 2. The van der Waals surface area contributed by atoms with Crippen LogP contribution in [-0.4, -0.2) is 49.7 Å². The number of rotatable bonds is 8. The van der Waals surface area contributed by atoms with Crippen molar-refractivity contribution in [2.75, 3.05) is 32.8 Å². The Morgan fingerprint density at radius 3 is 2.58 bits per heavy atom. The van der Waals surface area contributed by atoms with E-state index in [2.05, 4.69) is 10.5 Å². The fourth-order valence-corrected chi connectivity index (χ4v) is 4.80. The minimum atomic E-state index is -3.99. The Morgan fingerprint density at radius 2 is 1.83 bits per heavy atom. The minimum Gasteiger partial charge on any atom is -0.486 e. The van der Waals surface area contributed by atoms with Gasteiger partial charge in [-0.3, -0.25) is 4.79 Å². The Balaban J connectivity index is 1.42. The van der Waals surface area contributed by atoms with Gasteiger partial charge < -0.3 is 24.1 Å². The molecule has 0 saturated carbocycles. The lowest BCUT2D eigenvalue weighted by Gasteiger charge is -2.29. The predicted molar refractivity (Wildman–Crippen MR) is 129 cm³/mol. The molecule has 2 atom stereocenters. The van der Waals surface area contributed by atoms with E-state index in [0.717, 1.165) is 32.0 Å². The Labute approximate surface area is 210 Å². The van der Waals surface area contributed by atoms with Crippen LogP contribution in [0.2, 0.25) is 5.02 Å². The van der Waals surface area contributed by atoms with Crippen molar-refractivity contribution < 1.29 is 27.5 Å². The maximum atomic E-state index is 15.3. The maximum Gasteiger partial charge on any atom is 0.380 e. The van der Waals surface area contributed by atoms with Gasteiger partial charge in [0.2, 0.25) is 0 Å². The number of hydrogen-bond donors (Lipinski definition) is 1. The molecule has 2 unspecified atom stereocenters. The van der Waals surface area contributed by atoms with Crippen molar-refractivity contribution >= 4 is 28.5 Å². The van der Waals surface area contributed by atoms with Crippen LogP contribution in [0.5, 0.6) is 11.5 Å². The van der Waals surface area contributed by atoms with Crippen molar-refractivity contribution in [2.24, 2.45) is 5.18 Å². The Morgan fingerprint density at radius 1 is 1.08 bits per heavy atom. The van der Waals surface area contributed by atoms with Crippen molar-refractivity contribution in [1.82, 2.24) is 10.2 Å². The zero-order valence-corrected chi connectivity index (χ0v) is 20.0. The van der Waals surface area contributed by atoms with Crippen LogP contribution < -0.4 is 14.8 Å². The number of carbonyl (C=O) groups excluding carboxylic acids is 1. The van der Waals surface area contributed by atoms with E-state index in [1.807, 2.05) is 4.90 Å². The number of likely N-dealkylation sites (tertiary alicyclic amines) is 1. The molecule has 0 spiro atoms. The molecule has 0 radical (unpaired) electrons. The summed E-state index contributed by atoms with van der Waals surface area (Å²) < 4.78 is 46.9. The summed E-state index contributed by atoms with van der Waals surface area (Å²) in [6, 6.07) is 8.26. The summed E-state index contributed by atoms with van der Waals surface area (Å²) in [6.07, 6.45) is 1.89. The highest BCUT2D eigenvalue weighted by Crippen LogP contribution is 2.37. The Bertz CT molecular complexity index is 1280. The largest absolute Gasteiger partial charge is 0.486 e. The number of fused-ring (bicyclic) bond motifs is 2. The number of carbonyl (C=O) groups is 1. The van der Waals surface area contributed by atoms with Gasteiger partial charge in [0.15, 0.2) is 17.3 Å². The van der Waals surface area contributed by atoms with Crippen LogP contribution in [0, 0.1) is 4.91 Å². The van der Waals surface area contributed by atoms with Gasteiger partial charge in [0.05, 0.1) is 6.04 Å². The third-order valence-corrected chi connectivity index (χ3v) is 6.68. The number of furan rings is 1. The van der Waals surface area contributed by atoms with Gasteiger partial charge >= 0.3 is 5.92 Å². The lowest BCUT2D eigenvalue weighted by molar-refractivity contribution is -0.150. The summed E-state index contributed by atoms with van der Waals surface area (Å²) in [5, 5.41) is 6.32. The molecule has 190 valence electrons. The summed E-state index contributed by atoms with van der Waals surface area (Å²) in [5.41, 5.74) is 0.611. The van der Waals surface area contributed by atoms with Crippen LogP contribution in [0.3, 0.4) is 0 Å². The van der Waals surface area contributed by atoms with E-state index >= 15 is 8.78 Å². The van der Waals surface area contributed by atoms with Gasteiger partial charge in [-0.15, -0.1) is 0 Å². The molecule has 36 heavy (non-hydrogen) atoms. The standard InChI is InChI=1S/C25H24ClF2N3O5/c26-17-4-6-19-16(11-17)13-22(36-19)25(27,28)24(32)29-18(14-31-7-1-2-8-31)23(30-33)15-3-5-20-21(12-15)35-10-9-34-20/h3-6,11-13,18,23H,1-2,7-10,14H2,(H,29,32). The minimum absolute atomic E-state index is 0.180. The van der Waals surface area contributed by atoms with Gasteiger partial charge in [0.25, 0.3) is 5.91 Å². The third-order valence-electron chi connectivity index (χ3n) is 6.45. The molecule has 1 fully saturated rings. The quantitative estimate of drug-likeness (QED) is 0.419. The van der Waals surface area contributed by atoms with Crippen LogP contribution in [0.25, 0.3) is 11.0 Å². The Kier molecular flexibility index (Phi) is 6.81. The summed E-state index contributed by atoms with van der Waals surface area (Å²) in [7, 11) is 0. The first-order valence-corrected chi connectivity index (χ1v) is 12.1. The van der Waals surface area contributed by atoms with Crippen LogP contribution >= 0.6 is 11.6 Å². The van der Waals surface area contributed by atoms with E-state index in [-0.39, 0.29) is 12.1 Å². The lowest BCUT2D eigenvalue weighted by atomic mass is 9.98. The summed E-state index contributed by atoms with van der Waals surface area (Å²) in [4.78, 5) is 27.0. The number of hydrogen-bond acceptors (Lipinski definition) is 7. The van der Waals surface area contributed by atoms with Gasteiger partial charge in [-0.1, -0.05) is 22.8 Å². The van der Waals surface area contributed by atoms with Gasteiger partial charge in [-0.05, 0) is 67.9 Å². The molecule has 3 aromatic rings. The molecule has 1 N–H and O–H groups in total. The summed E-state index contributed by atoms with van der Waals surface area (Å²) in [6.45, 7) is 2.40. The maximum absolute atomic E-state index is 15.3. The summed E-state index contributed by atoms with van der Waals surface area (Å²) >= 11 is 5.94. The van der Waals surface area contributed by atoms with E-state index in [9.17, 15) is 9.70 Å². The van der Waals surface area contributed by atoms with E-state index in [1.165, 1.54) is 18.2 Å². The van der Waals surface area contributed by atoms with Gasteiger partial charge in [0, 0.05) is 17.0 Å². The second-order valence-electron chi connectivity index (χ2n) is 8.91. The van der Waals surface area contributed by atoms with Crippen molar-refractivity contribution in [3.8, 4) is 11.5 Å². The molecule has 1 amide bonds. The van der Waals surface area contributed by atoms with Gasteiger partial charge in [-0.25, -0.2) is 0 Å². The highest BCUT2D eigenvalue weighted by atomic mass is 35.5. The number of ether oxygens (including phenoxy) is 2. The van der Waals surface area contributed by atoms with Crippen molar-refractivity contribution in [1.29, 1.82) is 0 Å². The second-order valence-corrected chi connectivity index (χ2v) is 9.34. The zero-order chi connectivity index (χ0) is 25.3. The molecule has 5 rings (SSSR count). The molecule has 2 aliphatic heterocycles. The molecule has 2 aliphatic rings. The first kappa shape index (κ1) is 24.5. The topological polar surface area (TPSA) is 93.4 Å². The monoisotopic (exact) mass is 519 g/mol. The van der Waals surface area contributed by atoms with E-state index < -0.39 is 29.7 Å². The van der Waals surface area contributed by atoms with Crippen molar-refractivity contribution in [3.05, 3.63) is 63.7 Å². The number of nitroso groups, excluding NO2 is 1. The number of benzene rings is 2. The fourth-order valence-electron chi connectivity index (χ4n) is 4.62.